The topological polar surface area (TPSA) is 70.1 Å². The predicted molar refractivity (Wildman–Crippen MR) is 68.1 cm³/mol. The summed E-state index contributed by atoms with van der Waals surface area (Å²) in [7, 11) is 0. The van der Waals surface area contributed by atoms with Crippen LogP contribution in [0.15, 0.2) is 30.6 Å². The summed E-state index contributed by atoms with van der Waals surface area (Å²) in [6, 6.07) is 6.37. The molecule has 5 nitrogen and oxygen atoms in total. The van der Waals surface area contributed by atoms with Crippen LogP contribution in [0.2, 0.25) is 0 Å². The number of ether oxygens (including phenoxy) is 1. The maximum absolute atomic E-state index is 13.5. The van der Waals surface area contributed by atoms with Gasteiger partial charge in [0, 0.05) is 5.56 Å². The normalized spacial score (nSPS) is 10.4. The Morgan fingerprint density at radius 2 is 2.21 bits per heavy atom. The van der Waals surface area contributed by atoms with Gasteiger partial charge < -0.3 is 15.0 Å². The van der Waals surface area contributed by atoms with Gasteiger partial charge in [0.25, 0.3) is 0 Å². The molecular weight excluding hydrogens is 249 g/mol. The first-order chi connectivity index (χ1) is 9.13. The van der Waals surface area contributed by atoms with Crippen molar-refractivity contribution in [2.24, 2.45) is 0 Å². The SMILES string of the molecule is CCOC(=O)c1ncn(Cc2ccccc2F)c1N. The maximum Gasteiger partial charge on any atom is 0.360 e. The molecule has 0 aliphatic rings. The Labute approximate surface area is 109 Å². The van der Waals surface area contributed by atoms with Crippen LogP contribution in [0.4, 0.5) is 10.2 Å². The third-order valence-electron chi connectivity index (χ3n) is 2.65. The molecule has 0 atom stereocenters. The molecule has 6 heteroatoms. The summed E-state index contributed by atoms with van der Waals surface area (Å²) >= 11 is 0. The summed E-state index contributed by atoms with van der Waals surface area (Å²) in [6.07, 6.45) is 1.40. The van der Waals surface area contributed by atoms with Gasteiger partial charge in [0.2, 0.25) is 0 Å². The average Bonchev–Trinajstić information content (AvgIpc) is 2.74. The van der Waals surface area contributed by atoms with E-state index in [1.165, 1.54) is 17.0 Å². The van der Waals surface area contributed by atoms with Crippen LogP contribution in [-0.4, -0.2) is 22.1 Å². The number of nitrogens with zero attached hydrogens (tertiary/aromatic N) is 2. The molecule has 1 aromatic carbocycles. The first-order valence-electron chi connectivity index (χ1n) is 5.84. The van der Waals surface area contributed by atoms with E-state index in [1.807, 2.05) is 0 Å². The fraction of sp³-hybridized carbons (Fsp3) is 0.231. The molecule has 1 aromatic heterocycles. The van der Waals surface area contributed by atoms with Crippen molar-refractivity contribution in [3.05, 3.63) is 47.7 Å². The first-order valence-corrected chi connectivity index (χ1v) is 5.84. The second-order valence-corrected chi connectivity index (χ2v) is 3.92. The van der Waals surface area contributed by atoms with E-state index in [1.54, 1.807) is 25.1 Å². The van der Waals surface area contributed by atoms with Crippen LogP contribution in [0.25, 0.3) is 0 Å². The van der Waals surface area contributed by atoms with Gasteiger partial charge in [-0.1, -0.05) is 18.2 Å². The Bertz CT molecular complexity index is 595. The number of carbonyl (C=O) groups is 1. The Hall–Kier alpha value is -2.37. The number of nitrogens with two attached hydrogens (primary N) is 1. The molecule has 100 valence electrons. The van der Waals surface area contributed by atoms with Gasteiger partial charge in [0.1, 0.15) is 11.6 Å². The molecule has 0 bridgehead atoms. The minimum atomic E-state index is -0.577. The summed E-state index contributed by atoms with van der Waals surface area (Å²) < 4.78 is 19.9. The van der Waals surface area contributed by atoms with E-state index in [9.17, 15) is 9.18 Å². The van der Waals surface area contributed by atoms with Crippen molar-refractivity contribution < 1.29 is 13.9 Å². The number of benzene rings is 1. The molecule has 1 heterocycles. The van der Waals surface area contributed by atoms with Gasteiger partial charge in [0.15, 0.2) is 5.69 Å². The van der Waals surface area contributed by atoms with Crippen molar-refractivity contribution in [1.29, 1.82) is 0 Å². The highest BCUT2D eigenvalue weighted by molar-refractivity contribution is 5.92. The predicted octanol–water partition coefficient (Wildman–Crippen LogP) is 1.83. The summed E-state index contributed by atoms with van der Waals surface area (Å²) in [5, 5.41) is 0. The minimum absolute atomic E-state index is 0.0539. The highest BCUT2D eigenvalue weighted by Gasteiger charge is 2.17. The van der Waals surface area contributed by atoms with Crippen LogP contribution in [0.1, 0.15) is 23.0 Å². The number of hydrogen-bond acceptors (Lipinski definition) is 4. The zero-order chi connectivity index (χ0) is 13.8. The molecule has 0 radical (unpaired) electrons. The van der Waals surface area contributed by atoms with E-state index >= 15 is 0 Å². The third-order valence-corrected chi connectivity index (χ3v) is 2.65. The Morgan fingerprint density at radius 1 is 1.47 bits per heavy atom. The molecule has 2 aromatic rings. The molecule has 0 amide bonds. The van der Waals surface area contributed by atoms with Crippen LogP contribution in [0, 0.1) is 5.82 Å². The molecule has 0 saturated carbocycles. The smallest absolute Gasteiger partial charge is 0.360 e. The minimum Gasteiger partial charge on any atom is -0.461 e. The van der Waals surface area contributed by atoms with Crippen LogP contribution in [0.5, 0.6) is 0 Å². The Balaban J connectivity index is 2.23. The fourth-order valence-electron chi connectivity index (χ4n) is 1.68. The van der Waals surface area contributed by atoms with Crippen molar-refractivity contribution >= 4 is 11.8 Å². The molecule has 0 aliphatic carbocycles. The van der Waals surface area contributed by atoms with Crippen molar-refractivity contribution in [3.63, 3.8) is 0 Å². The highest BCUT2D eigenvalue weighted by atomic mass is 19.1. The largest absolute Gasteiger partial charge is 0.461 e. The second-order valence-electron chi connectivity index (χ2n) is 3.92. The van der Waals surface area contributed by atoms with Gasteiger partial charge in [-0.2, -0.15) is 0 Å². The summed E-state index contributed by atoms with van der Waals surface area (Å²) in [6.45, 7) is 2.16. The monoisotopic (exact) mass is 263 g/mol. The molecule has 2 rings (SSSR count). The van der Waals surface area contributed by atoms with Crippen LogP contribution in [0.3, 0.4) is 0 Å². The third kappa shape index (κ3) is 2.73. The van der Waals surface area contributed by atoms with E-state index in [0.717, 1.165) is 0 Å². The lowest BCUT2D eigenvalue weighted by atomic mass is 10.2. The summed E-state index contributed by atoms with van der Waals surface area (Å²) in [4.78, 5) is 15.4. The van der Waals surface area contributed by atoms with Crippen molar-refractivity contribution in [2.45, 2.75) is 13.5 Å². The Morgan fingerprint density at radius 3 is 2.89 bits per heavy atom. The van der Waals surface area contributed by atoms with Crippen molar-refractivity contribution in [3.8, 4) is 0 Å². The first kappa shape index (κ1) is 13.1. The number of halogens is 1. The quantitative estimate of drug-likeness (QED) is 0.854. The van der Waals surface area contributed by atoms with Crippen LogP contribution in [-0.2, 0) is 11.3 Å². The standard InChI is InChI=1S/C13H14FN3O2/c1-2-19-13(18)11-12(15)17(8-16-11)7-9-5-3-4-6-10(9)14/h3-6,8H,2,7,15H2,1H3. The molecule has 2 N–H and O–H groups in total. The number of aromatic nitrogens is 2. The van der Waals surface area contributed by atoms with Gasteiger partial charge in [0.05, 0.1) is 19.5 Å². The average molecular weight is 263 g/mol. The number of carbonyl (C=O) groups excluding carboxylic acids is 1. The molecule has 0 aliphatic heterocycles. The second kappa shape index (κ2) is 5.51. The van der Waals surface area contributed by atoms with E-state index in [0.29, 0.717) is 5.56 Å². The summed E-state index contributed by atoms with van der Waals surface area (Å²) in [5.41, 5.74) is 6.34. The molecule has 0 saturated heterocycles. The maximum atomic E-state index is 13.5. The van der Waals surface area contributed by atoms with Gasteiger partial charge in [-0.25, -0.2) is 14.2 Å². The number of nitrogen functional groups attached to an aromatic ring is 1. The highest BCUT2D eigenvalue weighted by Crippen LogP contribution is 2.15. The fourth-order valence-corrected chi connectivity index (χ4v) is 1.68. The van der Waals surface area contributed by atoms with E-state index in [4.69, 9.17) is 10.5 Å². The van der Waals surface area contributed by atoms with E-state index < -0.39 is 5.97 Å². The molecular formula is C13H14FN3O2. The van der Waals surface area contributed by atoms with Gasteiger partial charge in [-0.3, -0.25) is 0 Å². The lowest BCUT2D eigenvalue weighted by molar-refractivity contribution is 0.0521. The molecule has 0 spiro atoms. The molecule has 19 heavy (non-hydrogen) atoms. The van der Waals surface area contributed by atoms with Gasteiger partial charge in [-0.05, 0) is 13.0 Å². The number of hydrogen-bond donors (Lipinski definition) is 1. The molecule has 0 fully saturated rings. The van der Waals surface area contributed by atoms with E-state index in [2.05, 4.69) is 4.98 Å². The number of rotatable bonds is 4. The molecule has 0 unspecified atom stereocenters. The lowest BCUT2D eigenvalue weighted by Gasteiger charge is -2.06. The summed E-state index contributed by atoms with van der Waals surface area (Å²) in [5.74, 6) is -0.734. The van der Waals surface area contributed by atoms with Crippen molar-refractivity contribution in [1.82, 2.24) is 9.55 Å². The van der Waals surface area contributed by atoms with Gasteiger partial charge in [-0.15, -0.1) is 0 Å². The van der Waals surface area contributed by atoms with Crippen molar-refractivity contribution in [2.75, 3.05) is 12.3 Å². The van der Waals surface area contributed by atoms with E-state index in [-0.39, 0.29) is 30.5 Å². The number of esters is 1. The zero-order valence-electron chi connectivity index (χ0n) is 10.5. The number of anilines is 1. The van der Waals surface area contributed by atoms with Gasteiger partial charge >= 0.3 is 5.97 Å². The number of imidazole rings is 1. The van der Waals surface area contributed by atoms with Crippen LogP contribution >= 0.6 is 0 Å². The Kier molecular flexibility index (Phi) is 3.79. The lowest BCUT2D eigenvalue weighted by Crippen LogP contribution is -2.10. The zero-order valence-corrected chi connectivity index (χ0v) is 10.5. The van der Waals surface area contributed by atoms with Crippen LogP contribution < -0.4 is 5.73 Å².